The summed E-state index contributed by atoms with van der Waals surface area (Å²) in [6, 6.07) is 6.62. The molecule has 0 aliphatic carbocycles. The summed E-state index contributed by atoms with van der Waals surface area (Å²) in [5, 5.41) is 11.1. The third-order valence-electron chi connectivity index (χ3n) is 3.52. The molecule has 0 saturated heterocycles. The fourth-order valence-electron chi connectivity index (χ4n) is 2.46. The van der Waals surface area contributed by atoms with E-state index in [2.05, 4.69) is 49.7 Å². The summed E-state index contributed by atoms with van der Waals surface area (Å²) in [4.78, 5) is 0. The van der Waals surface area contributed by atoms with Gasteiger partial charge in [0.25, 0.3) is 0 Å². The van der Waals surface area contributed by atoms with Crippen LogP contribution in [0.1, 0.15) is 57.3 Å². The Balaban J connectivity index is 2.63. The van der Waals surface area contributed by atoms with Gasteiger partial charge in [0.05, 0.1) is 6.10 Å². The third-order valence-corrected chi connectivity index (χ3v) is 3.52. The summed E-state index contributed by atoms with van der Waals surface area (Å²) in [5.41, 5.74) is 3.61. The highest BCUT2D eigenvalue weighted by atomic mass is 16.3. The van der Waals surface area contributed by atoms with E-state index in [9.17, 15) is 5.11 Å². The van der Waals surface area contributed by atoms with Crippen molar-refractivity contribution < 1.29 is 5.11 Å². The number of rotatable bonds is 4. The van der Waals surface area contributed by atoms with E-state index in [1.165, 1.54) is 16.5 Å². The first-order valence-corrected chi connectivity index (χ1v) is 6.85. The van der Waals surface area contributed by atoms with Gasteiger partial charge in [-0.15, -0.1) is 0 Å². The first-order valence-electron chi connectivity index (χ1n) is 6.85. The highest BCUT2D eigenvalue weighted by Crippen LogP contribution is 2.29. The molecule has 0 aliphatic heterocycles. The van der Waals surface area contributed by atoms with Crippen LogP contribution < -0.4 is 0 Å². The molecule has 1 aromatic carbocycles. The number of hydrogen-bond acceptors (Lipinski definition) is 1. The lowest BCUT2D eigenvalue weighted by Gasteiger charge is -2.08. The third kappa shape index (κ3) is 2.30. The number of benzene rings is 1. The van der Waals surface area contributed by atoms with Crippen LogP contribution in [-0.2, 0) is 6.54 Å². The average Bonchev–Trinajstić information content (AvgIpc) is 2.68. The van der Waals surface area contributed by atoms with Crippen molar-refractivity contribution in [2.75, 3.05) is 0 Å². The van der Waals surface area contributed by atoms with E-state index >= 15 is 0 Å². The molecular formula is C16H23NO. The summed E-state index contributed by atoms with van der Waals surface area (Å²) in [5.74, 6) is 0.519. The molecule has 0 aliphatic rings. The smallest absolute Gasteiger partial charge is 0.0782 e. The number of hydrogen-bond donors (Lipinski definition) is 1. The van der Waals surface area contributed by atoms with Crippen molar-refractivity contribution in [2.45, 2.75) is 52.7 Å². The fourth-order valence-corrected chi connectivity index (χ4v) is 2.46. The largest absolute Gasteiger partial charge is 0.389 e. The second-order valence-corrected chi connectivity index (χ2v) is 5.39. The quantitative estimate of drug-likeness (QED) is 0.856. The maximum atomic E-state index is 9.92. The summed E-state index contributed by atoms with van der Waals surface area (Å²) < 4.78 is 2.25. The van der Waals surface area contributed by atoms with Crippen molar-refractivity contribution in [3.63, 3.8) is 0 Å². The predicted octanol–water partition coefficient (Wildman–Crippen LogP) is 4.23. The van der Waals surface area contributed by atoms with Gasteiger partial charge >= 0.3 is 0 Å². The van der Waals surface area contributed by atoms with Crippen LogP contribution in [-0.4, -0.2) is 9.67 Å². The minimum absolute atomic E-state index is 0.409. The molecule has 1 heterocycles. The van der Waals surface area contributed by atoms with Crippen LogP contribution in [0.15, 0.2) is 24.4 Å². The van der Waals surface area contributed by atoms with Gasteiger partial charge in [0.15, 0.2) is 0 Å². The second-order valence-electron chi connectivity index (χ2n) is 5.39. The van der Waals surface area contributed by atoms with Crippen LogP contribution in [0.5, 0.6) is 0 Å². The Morgan fingerprint density at radius 2 is 1.94 bits per heavy atom. The van der Waals surface area contributed by atoms with Gasteiger partial charge in [0, 0.05) is 29.2 Å². The zero-order chi connectivity index (χ0) is 13.3. The zero-order valence-electron chi connectivity index (χ0n) is 11.8. The van der Waals surface area contributed by atoms with Crippen molar-refractivity contribution in [3.8, 4) is 0 Å². The maximum absolute atomic E-state index is 9.92. The molecular weight excluding hydrogens is 222 g/mol. The Morgan fingerprint density at radius 3 is 2.50 bits per heavy atom. The molecule has 2 rings (SSSR count). The number of nitrogens with zero attached hydrogens (tertiary/aromatic N) is 1. The molecule has 0 fully saturated rings. The Hall–Kier alpha value is -1.28. The summed E-state index contributed by atoms with van der Waals surface area (Å²) in [6.45, 7) is 9.42. The van der Waals surface area contributed by atoms with Crippen LogP contribution >= 0.6 is 0 Å². The van der Waals surface area contributed by atoms with Crippen molar-refractivity contribution >= 4 is 10.9 Å². The summed E-state index contributed by atoms with van der Waals surface area (Å²) in [7, 11) is 0. The van der Waals surface area contributed by atoms with E-state index in [0.717, 1.165) is 18.5 Å². The van der Waals surface area contributed by atoms with Gasteiger partial charge in [0.1, 0.15) is 0 Å². The molecule has 0 saturated carbocycles. The van der Waals surface area contributed by atoms with Crippen LogP contribution in [0.25, 0.3) is 10.9 Å². The lowest BCUT2D eigenvalue weighted by molar-refractivity contribution is 0.200. The van der Waals surface area contributed by atoms with Gasteiger partial charge in [-0.05, 0) is 37.0 Å². The van der Waals surface area contributed by atoms with E-state index in [1.54, 1.807) is 0 Å². The molecule has 2 nitrogen and oxygen atoms in total. The monoisotopic (exact) mass is 245 g/mol. The second kappa shape index (κ2) is 5.15. The van der Waals surface area contributed by atoms with Crippen molar-refractivity contribution in [1.29, 1.82) is 0 Å². The minimum Gasteiger partial charge on any atom is -0.389 e. The Morgan fingerprint density at radius 1 is 1.22 bits per heavy atom. The Labute approximate surface area is 109 Å². The van der Waals surface area contributed by atoms with Gasteiger partial charge < -0.3 is 9.67 Å². The Bertz CT molecular complexity index is 537. The number of aromatic nitrogens is 1. The zero-order valence-corrected chi connectivity index (χ0v) is 11.8. The Kier molecular flexibility index (Phi) is 3.76. The first-order chi connectivity index (χ1) is 8.54. The molecule has 1 N–H and O–H groups in total. The van der Waals surface area contributed by atoms with E-state index in [1.807, 2.05) is 6.92 Å². The van der Waals surface area contributed by atoms with Crippen LogP contribution in [0.2, 0.25) is 0 Å². The summed E-state index contributed by atoms with van der Waals surface area (Å²) in [6.07, 6.45) is 2.80. The van der Waals surface area contributed by atoms with E-state index in [4.69, 9.17) is 0 Å². The van der Waals surface area contributed by atoms with Gasteiger partial charge in [-0.2, -0.15) is 0 Å². The SMILES string of the molecule is CCCn1cc(C(C)O)c2cc(C(C)C)ccc21. The van der Waals surface area contributed by atoms with E-state index in [0.29, 0.717) is 5.92 Å². The van der Waals surface area contributed by atoms with Gasteiger partial charge in [-0.25, -0.2) is 0 Å². The molecule has 0 amide bonds. The van der Waals surface area contributed by atoms with Crippen LogP contribution in [0.4, 0.5) is 0 Å². The molecule has 1 atom stereocenters. The molecule has 0 radical (unpaired) electrons. The fraction of sp³-hybridized carbons (Fsp3) is 0.500. The van der Waals surface area contributed by atoms with Gasteiger partial charge in [-0.1, -0.05) is 26.8 Å². The molecule has 98 valence electrons. The van der Waals surface area contributed by atoms with E-state index in [-0.39, 0.29) is 0 Å². The lowest BCUT2D eigenvalue weighted by Crippen LogP contribution is -1.94. The number of fused-ring (bicyclic) bond motifs is 1. The van der Waals surface area contributed by atoms with E-state index < -0.39 is 6.10 Å². The van der Waals surface area contributed by atoms with Gasteiger partial charge in [0.2, 0.25) is 0 Å². The average molecular weight is 245 g/mol. The first kappa shape index (κ1) is 13.2. The van der Waals surface area contributed by atoms with Crippen molar-refractivity contribution in [3.05, 3.63) is 35.5 Å². The maximum Gasteiger partial charge on any atom is 0.0782 e. The summed E-state index contributed by atoms with van der Waals surface area (Å²) >= 11 is 0. The topological polar surface area (TPSA) is 25.2 Å². The molecule has 2 aromatic rings. The number of aliphatic hydroxyl groups is 1. The predicted molar refractivity (Wildman–Crippen MR) is 77.0 cm³/mol. The standard InChI is InChI=1S/C16H23NO/c1-5-8-17-10-15(12(4)18)14-9-13(11(2)3)6-7-16(14)17/h6-7,9-12,18H,5,8H2,1-4H3. The van der Waals surface area contributed by atoms with Gasteiger partial charge in [-0.3, -0.25) is 0 Å². The lowest BCUT2D eigenvalue weighted by atomic mass is 9.99. The molecule has 0 bridgehead atoms. The normalized spacial score (nSPS) is 13.4. The van der Waals surface area contributed by atoms with Crippen molar-refractivity contribution in [1.82, 2.24) is 4.57 Å². The molecule has 18 heavy (non-hydrogen) atoms. The van der Waals surface area contributed by atoms with Crippen LogP contribution in [0, 0.1) is 0 Å². The highest BCUT2D eigenvalue weighted by molar-refractivity contribution is 5.85. The molecule has 0 spiro atoms. The van der Waals surface area contributed by atoms with Crippen molar-refractivity contribution in [2.24, 2.45) is 0 Å². The molecule has 1 unspecified atom stereocenters. The number of aryl methyl sites for hydroxylation is 1. The number of aliphatic hydroxyl groups excluding tert-OH is 1. The minimum atomic E-state index is -0.409. The molecule has 2 heteroatoms. The highest BCUT2D eigenvalue weighted by Gasteiger charge is 2.13. The van der Waals surface area contributed by atoms with Crippen LogP contribution in [0.3, 0.4) is 0 Å². The molecule has 1 aromatic heterocycles.